The number of rotatable bonds is 15. The average molecular weight is 613 g/mol. The molecule has 1 N–H and O–H groups in total. The number of unbranched alkanes of at least 4 members (excludes halogenated alkanes) is 6. The Labute approximate surface area is 264 Å². The molecule has 6 heteroatoms. The summed E-state index contributed by atoms with van der Waals surface area (Å²) in [6.45, 7) is 7.73. The zero-order valence-electron chi connectivity index (χ0n) is 25.9. The van der Waals surface area contributed by atoms with Crippen molar-refractivity contribution in [2.75, 3.05) is 0 Å². The Bertz CT molecular complexity index is 1660. The van der Waals surface area contributed by atoms with Crippen LogP contribution in [0, 0.1) is 11.3 Å². The van der Waals surface area contributed by atoms with Crippen molar-refractivity contribution in [1.29, 1.82) is 5.26 Å². The topological polar surface area (TPSA) is 66.0 Å². The Balaban J connectivity index is 1.56. The van der Waals surface area contributed by atoms with Crippen molar-refractivity contribution in [2.24, 2.45) is 0 Å². The largest absolute Gasteiger partial charge is 0.477 e. The molecule has 0 spiro atoms. The second-order valence-electron chi connectivity index (χ2n) is 11.8. The number of aryl methyl sites for hydroxylation is 4. The van der Waals surface area contributed by atoms with Gasteiger partial charge in [0.05, 0.1) is 0 Å². The van der Waals surface area contributed by atoms with Gasteiger partial charge in [-0.15, -0.1) is 22.7 Å². The number of nitrogens with zero attached hydrogens (tertiary/aromatic N) is 2. The van der Waals surface area contributed by atoms with Crippen LogP contribution in [0.5, 0.6) is 0 Å². The molecule has 0 unspecified atom stereocenters. The summed E-state index contributed by atoms with van der Waals surface area (Å²) < 4.78 is 2.51. The molecule has 1 aliphatic rings. The summed E-state index contributed by atoms with van der Waals surface area (Å²) >= 11 is 3.52. The van der Waals surface area contributed by atoms with Crippen molar-refractivity contribution in [2.45, 2.75) is 111 Å². The van der Waals surface area contributed by atoms with E-state index in [1.54, 1.807) is 23.0 Å². The van der Waals surface area contributed by atoms with Crippen molar-refractivity contribution in [3.05, 3.63) is 63.2 Å². The SMILES string of the molecule is CCCCCCc1cc(-c2sc(-c3ccc4c(c3)c3c(n4CC)CCC3)cc2CCCCCC)sc1/C=C(\C#N)C(=O)O. The summed E-state index contributed by atoms with van der Waals surface area (Å²) in [5.74, 6) is -1.16. The Morgan fingerprint density at radius 2 is 1.65 bits per heavy atom. The molecular formula is C37H44N2O2S2. The van der Waals surface area contributed by atoms with Crippen LogP contribution >= 0.6 is 22.7 Å². The summed E-state index contributed by atoms with van der Waals surface area (Å²) in [5.41, 5.74) is 8.08. The lowest BCUT2D eigenvalue weighted by Crippen LogP contribution is -1.98. The van der Waals surface area contributed by atoms with E-state index in [4.69, 9.17) is 0 Å². The van der Waals surface area contributed by atoms with Crippen LogP contribution in [0.3, 0.4) is 0 Å². The lowest BCUT2D eigenvalue weighted by Gasteiger charge is -2.06. The highest BCUT2D eigenvalue weighted by atomic mass is 32.1. The fourth-order valence-electron chi connectivity index (χ4n) is 6.58. The summed E-state index contributed by atoms with van der Waals surface area (Å²) in [5, 5.41) is 20.5. The molecule has 0 radical (unpaired) electrons. The summed E-state index contributed by atoms with van der Waals surface area (Å²) in [4.78, 5) is 16.4. The lowest BCUT2D eigenvalue weighted by atomic mass is 10.0. The zero-order chi connectivity index (χ0) is 30.3. The predicted molar refractivity (Wildman–Crippen MR) is 183 cm³/mol. The van der Waals surface area contributed by atoms with Gasteiger partial charge in [0.25, 0.3) is 0 Å². The van der Waals surface area contributed by atoms with Gasteiger partial charge < -0.3 is 9.67 Å². The monoisotopic (exact) mass is 612 g/mol. The van der Waals surface area contributed by atoms with Gasteiger partial charge in [0, 0.05) is 42.7 Å². The highest BCUT2D eigenvalue weighted by molar-refractivity contribution is 7.24. The Morgan fingerprint density at radius 3 is 2.33 bits per heavy atom. The Kier molecular flexibility index (Phi) is 10.6. The standard InChI is InChI=1S/C37H44N2O2S2/c1-4-7-9-11-14-25-21-35(42-33(25)23-28(24-38)37(40)41)36-27(15-12-10-8-5-2)22-34(43-36)26-18-19-32-30(20-26)29-16-13-17-31(29)39(32)6-3/h18-23H,4-17H2,1-3H3,(H,40,41)/b28-23+. The molecule has 0 bridgehead atoms. The molecule has 0 atom stereocenters. The van der Waals surface area contributed by atoms with Crippen LogP contribution < -0.4 is 0 Å². The van der Waals surface area contributed by atoms with Crippen LogP contribution in [0.2, 0.25) is 0 Å². The maximum atomic E-state index is 11.7. The van der Waals surface area contributed by atoms with Gasteiger partial charge in [-0.25, -0.2) is 4.79 Å². The number of aromatic nitrogens is 1. The van der Waals surface area contributed by atoms with Crippen LogP contribution in [0.4, 0.5) is 0 Å². The fraction of sp³-hybridized carbons (Fsp3) is 0.459. The van der Waals surface area contributed by atoms with Gasteiger partial charge in [0.15, 0.2) is 0 Å². The third kappa shape index (κ3) is 6.84. The molecule has 4 aromatic rings. The molecular weight excluding hydrogens is 569 g/mol. The maximum Gasteiger partial charge on any atom is 0.346 e. The van der Waals surface area contributed by atoms with Crippen LogP contribution in [-0.4, -0.2) is 15.6 Å². The Morgan fingerprint density at radius 1 is 0.930 bits per heavy atom. The number of fused-ring (bicyclic) bond motifs is 3. The maximum absolute atomic E-state index is 11.7. The summed E-state index contributed by atoms with van der Waals surface area (Å²) in [6, 6.07) is 13.6. The fourth-order valence-corrected chi connectivity index (χ4v) is 9.08. The third-order valence-corrected chi connectivity index (χ3v) is 11.4. The second kappa shape index (κ2) is 14.6. The van der Waals surface area contributed by atoms with E-state index in [0.717, 1.165) is 42.7 Å². The average Bonchev–Trinajstić information content (AvgIpc) is 3.79. The van der Waals surface area contributed by atoms with Crippen molar-refractivity contribution >= 4 is 45.6 Å². The first-order chi connectivity index (χ1) is 21.0. The molecule has 5 rings (SSSR count). The van der Waals surface area contributed by atoms with Crippen LogP contribution in [0.15, 0.2) is 35.9 Å². The highest BCUT2D eigenvalue weighted by Crippen LogP contribution is 2.45. The van der Waals surface area contributed by atoms with Crippen LogP contribution in [-0.2, 0) is 37.0 Å². The zero-order valence-corrected chi connectivity index (χ0v) is 27.6. The van der Waals surface area contributed by atoms with Crippen LogP contribution in [0.1, 0.15) is 106 Å². The molecule has 0 saturated carbocycles. The molecule has 1 aliphatic carbocycles. The van der Waals surface area contributed by atoms with Gasteiger partial charge in [-0.05, 0) is 104 Å². The minimum Gasteiger partial charge on any atom is -0.477 e. The van der Waals surface area contributed by atoms with E-state index in [9.17, 15) is 15.2 Å². The minimum absolute atomic E-state index is 0.199. The van der Waals surface area contributed by atoms with Crippen molar-refractivity contribution in [1.82, 2.24) is 4.57 Å². The second-order valence-corrected chi connectivity index (χ2v) is 14.0. The van der Waals surface area contributed by atoms with Gasteiger partial charge in [0.2, 0.25) is 0 Å². The predicted octanol–water partition coefficient (Wildman–Crippen LogP) is 10.8. The lowest BCUT2D eigenvalue weighted by molar-refractivity contribution is -0.132. The van der Waals surface area contributed by atoms with Crippen molar-refractivity contribution in [3.8, 4) is 26.3 Å². The number of nitriles is 1. The van der Waals surface area contributed by atoms with E-state index in [1.807, 2.05) is 17.4 Å². The van der Waals surface area contributed by atoms with E-state index in [1.165, 1.54) is 100 Å². The van der Waals surface area contributed by atoms with E-state index >= 15 is 0 Å². The number of carbonyl (C=O) groups is 1. The number of aliphatic carboxylic acids is 1. The number of thiophene rings is 2. The molecule has 4 nitrogen and oxygen atoms in total. The Hall–Kier alpha value is -3.14. The number of hydrogen-bond donors (Lipinski definition) is 1. The van der Waals surface area contributed by atoms with Gasteiger partial charge >= 0.3 is 5.97 Å². The van der Waals surface area contributed by atoms with Crippen molar-refractivity contribution in [3.63, 3.8) is 0 Å². The molecule has 0 amide bonds. The molecule has 0 saturated heterocycles. The van der Waals surface area contributed by atoms with E-state index in [0.29, 0.717) is 0 Å². The number of hydrogen-bond acceptors (Lipinski definition) is 4. The van der Waals surface area contributed by atoms with Crippen molar-refractivity contribution < 1.29 is 9.90 Å². The quantitative estimate of drug-likeness (QED) is 0.0825. The van der Waals surface area contributed by atoms with E-state index < -0.39 is 5.97 Å². The third-order valence-electron chi connectivity index (χ3n) is 8.83. The number of benzene rings is 1. The van der Waals surface area contributed by atoms with Crippen LogP contribution in [0.25, 0.3) is 37.2 Å². The highest BCUT2D eigenvalue weighted by Gasteiger charge is 2.22. The van der Waals surface area contributed by atoms with Gasteiger partial charge in [-0.3, -0.25) is 0 Å². The van der Waals surface area contributed by atoms with E-state index in [-0.39, 0.29) is 5.57 Å². The summed E-state index contributed by atoms with van der Waals surface area (Å²) in [6.07, 6.45) is 16.6. The normalized spacial score (nSPS) is 13.1. The molecule has 0 fully saturated rings. The molecule has 226 valence electrons. The number of carboxylic acid groups (broad SMARTS) is 1. The molecule has 43 heavy (non-hydrogen) atoms. The summed E-state index contributed by atoms with van der Waals surface area (Å²) in [7, 11) is 0. The molecule has 3 heterocycles. The minimum atomic E-state index is -1.16. The molecule has 3 aromatic heterocycles. The van der Waals surface area contributed by atoms with Gasteiger partial charge in [-0.2, -0.15) is 5.26 Å². The molecule has 1 aromatic carbocycles. The first-order valence-corrected chi connectivity index (χ1v) is 17.9. The van der Waals surface area contributed by atoms with Gasteiger partial charge in [0.1, 0.15) is 11.6 Å². The van der Waals surface area contributed by atoms with E-state index in [2.05, 4.69) is 55.7 Å². The first-order valence-electron chi connectivity index (χ1n) is 16.2. The smallest absolute Gasteiger partial charge is 0.346 e. The van der Waals surface area contributed by atoms with Gasteiger partial charge in [-0.1, -0.05) is 58.4 Å². The molecule has 0 aliphatic heterocycles. The first kappa shape index (κ1) is 31.3. The number of carboxylic acids is 1.